The van der Waals surface area contributed by atoms with Crippen LogP contribution >= 0.6 is 0 Å². The molecule has 0 spiro atoms. The summed E-state index contributed by atoms with van der Waals surface area (Å²) in [5, 5.41) is 3.48. The van der Waals surface area contributed by atoms with E-state index in [0.29, 0.717) is 12.1 Å². The van der Waals surface area contributed by atoms with Gasteiger partial charge in [-0.2, -0.15) is 0 Å². The van der Waals surface area contributed by atoms with Crippen LogP contribution in [0.1, 0.15) is 39.5 Å². The molecule has 0 aliphatic heterocycles. The standard InChI is InChI=1S/C12H25NO2/c1-3-5-7-14-8-6-13-11-9-12(10-11)15-4-2/h11-13H,3-10H2,1-2H3. The van der Waals surface area contributed by atoms with Crippen molar-refractivity contribution < 1.29 is 9.47 Å². The largest absolute Gasteiger partial charge is 0.380 e. The van der Waals surface area contributed by atoms with Gasteiger partial charge in [0.2, 0.25) is 0 Å². The van der Waals surface area contributed by atoms with Crippen LogP contribution in [0.2, 0.25) is 0 Å². The van der Waals surface area contributed by atoms with Crippen LogP contribution in [0.5, 0.6) is 0 Å². The second-order valence-corrected chi connectivity index (χ2v) is 4.17. The molecule has 1 fully saturated rings. The molecule has 3 nitrogen and oxygen atoms in total. The quantitative estimate of drug-likeness (QED) is 0.596. The molecular weight excluding hydrogens is 190 g/mol. The first-order valence-corrected chi connectivity index (χ1v) is 6.29. The summed E-state index contributed by atoms with van der Waals surface area (Å²) in [5.41, 5.74) is 0. The predicted molar refractivity (Wildman–Crippen MR) is 62.2 cm³/mol. The first kappa shape index (κ1) is 12.9. The van der Waals surface area contributed by atoms with E-state index in [4.69, 9.17) is 9.47 Å². The highest BCUT2D eigenvalue weighted by atomic mass is 16.5. The van der Waals surface area contributed by atoms with Gasteiger partial charge >= 0.3 is 0 Å². The van der Waals surface area contributed by atoms with Gasteiger partial charge in [0.15, 0.2) is 0 Å². The van der Waals surface area contributed by atoms with Crippen LogP contribution in [0.3, 0.4) is 0 Å². The molecule has 0 heterocycles. The van der Waals surface area contributed by atoms with Crippen LogP contribution in [-0.4, -0.2) is 38.5 Å². The Labute approximate surface area is 93.5 Å². The summed E-state index contributed by atoms with van der Waals surface area (Å²) in [6.45, 7) is 7.82. The van der Waals surface area contributed by atoms with E-state index in [1.807, 2.05) is 0 Å². The van der Waals surface area contributed by atoms with Crippen LogP contribution in [0.4, 0.5) is 0 Å². The van der Waals surface area contributed by atoms with E-state index in [9.17, 15) is 0 Å². The molecule has 0 radical (unpaired) electrons. The highest BCUT2D eigenvalue weighted by Gasteiger charge is 2.28. The van der Waals surface area contributed by atoms with Crippen LogP contribution in [0.25, 0.3) is 0 Å². The molecule has 0 atom stereocenters. The van der Waals surface area contributed by atoms with Crippen LogP contribution in [0, 0.1) is 0 Å². The first-order valence-electron chi connectivity index (χ1n) is 6.29. The van der Waals surface area contributed by atoms with Gasteiger partial charge in [-0.05, 0) is 26.2 Å². The number of nitrogens with one attached hydrogen (secondary N) is 1. The van der Waals surface area contributed by atoms with Gasteiger partial charge < -0.3 is 14.8 Å². The zero-order valence-electron chi connectivity index (χ0n) is 10.1. The van der Waals surface area contributed by atoms with Crippen molar-refractivity contribution in [1.29, 1.82) is 0 Å². The molecule has 0 bridgehead atoms. The molecule has 0 aromatic carbocycles. The van der Waals surface area contributed by atoms with E-state index >= 15 is 0 Å². The second-order valence-electron chi connectivity index (χ2n) is 4.17. The highest BCUT2D eigenvalue weighted by molar-refractivity contribution is 4.85. The molecule has 1 aliphatic carbocycles. The highest BCUT2D eigenvalue weighted by Crippen LogP contribution is 2.22. The Kier molecular flexibility index (Phi) is 6.98. The van der Waals surface area contributed by atoms with Gasteiger partial charge in [0.25, 0.3) is 0 Å². The van der Waals surface area contributed by atoms with Crippen molar-refractivity contribution >= 4 is 0 Å². The lowest BCUT2D eigenvalue weighted by atomic mass is 9.89. The molecule has 90 valence electrons. The van der Waals surface area contributed by atoms with Crippen LogP contribution in [-0.2, 0) is 9.47 Å². The van der Waals surface area contributed by atoms with Gasteiger partial charge in [0.1, 0.15) is 0 Å². The fourth-order valence-corrected chi connectivity index (χ4v) is 1.79. The molecule has 0 unspecified atom stereocenters. The van der Waals surface area contributed by atoms with Crippen LogP contribution < -0.4 is 5.32 Å². The summed E-state index contributed by atoms with van der Waals surface area (Å²) in [6.07, 6.45) is 5.24. The smallest absolute Gasteiger partial charge is 0.0604 e. The first-order chi connectivity index (χ1) is 7.36. The molecule has 1 aliphatic rings. The van der Waals surface area contributed by atoms with E-state index in [1.165, 1.54) is 25.7 Å². The lowest BCUT2D eigenvalue weighted by Gasteiger charge is -2.35. The maximum atomic E-state index is 5.50. The second kappa shape index (κ2) is 8.08. The molecule has 1 N–H and O–H groups in total. The number of unbranched alkanes of at least 4 members (excludes halogenated alkanes) is 1. The van der Waals surface area contributed by atoms with Gasteiger partial charge in [-0.3, -0.25) is 0 Å². The van der Waals surface area contributed by atoms with Crippen molar-refractivity contribution in [3.8, 4) is 0 Å². The minimum Gasteiger partial charge on any atom is -0.380 e. The van der Waals surface area contributed by atoms with Crippen molar-refractivity contribution in [3.05, 3.63) is 0 Å². The van der Waals surface area contributed by atoms with E-state index in [2.05, 4.69) is 19.2 Å². The Bertz CT molecular complexity index is 147. The normalized spacial score (nSPS) is 25.2. The lowest BCUT2D eigenvalue weighted by molar-refractivity contribution is -0.0114. The molecule has 0 amide bonds. The average Bonchev–Trinajstić information content (AvgIpc) is 2.19. The fraction of sp³-hybridized carbons (Fsp3) is 1.00. The third-order valence-electron chi connectivity index (χ3n) is 2.82. The van der Waals surface area contributed by atoms with E-state index in [-0.39, 0.29) is 0 Å². The number of hydrogen-bond donors (Lipinski definition) is 1. The molecule has 0 saturated heterocycles. The zero-order chi connectivity index (χ0) is 10.9. The monoisotopic (exact) mass is 215 g/mol. The maximum absolute atomic E-state index is 5.50. The summed E-state index contributed by atoms with van der Waals surface area (Å²) in [7, 11) is 0. The van der Waals surface area contributed by atoms with Crippen LogP contribution in [0.15, 0.2) is 0 Å². The number of hydrogen-bond acceptors (Lipinski definition) is 3. The van der Waals surface area contributed by atoms with Crippen molar-refractivity contribution in [2.24, 2.45) is 0 Å². The van der Waals surface area contributed by atoms with Crippen molar-refractivity contribution in [2.45, 2.75) is 51.7 Å². The summed E-state index contributed by atoms with van der Waals surface area (Å²) in [4.78, 5) is 0. The molecule has 0 aromatic heterocycles. The van der Waals surface area contributed by atoms with E-state index < -0.39 is 0 Å². The summed E-state index contributed by atoms with van der Waals surface area (Å²) in [5.74, 6) is 0. The lowest BCUT2D eigenvalue weighted by Crippen LogP contribution is -2.46. The molecular formula is C12H25NO2. The van der Waals surface area contributed by atoms with Crippen molar-refractivity contribution in [1.82, 2.24) is 5.32 Å². The fourth-order valence-electron chi connectivity index (χ4n) is 1.79. The summed E-state index contributed by atoms with van der Waals surface area (Å²) in [6, 6.07) is 0.663. The predicted octanol–water partition coefficient (Wildman–Crippen LogP) is 1.96. The Morgan fingerprint density at radius 3 is 2.67 bits per heavy atom. The Balaban J connectivity index is 1.78. The van der Waals surface area contributed by atoms with Gasteiger partial charge in [-0.1, -0.05) is 13.3 Å². The maximum Gasteiger partial charge on any atom is 0.0604 e. The van der Waals surface area contributed by atoms with Gasteiger partial charge in [0.05, 0.1) is 12.7 Å². The number of rotatable bonds is 9. The SMILES string of the molecule is CCCCOCCNC1CC(OCC)C1. The zero-order valence-corrected chi connectivity index (χ0v) is 10.1. The van der Waals surface area contributed by atoms with Gasteiger partial charge in [-0.15, -0.1) is 0 Å². The van der Waals surface area contributed by atoms with Gasteiger partial charge in [-0.25, -0.2) is 0 Å². The summed E-state index contributed by atoms with van der Waals surface area (Å²) >= 11 is 0. The molecule has 1 saturated carbocycles. The average molecular weight is 215 g/mol. The molecule has 1 rings (SSSR count). The van der Waals surface area contributed by atoms with E-state index in [1.54, 1.807) is 0 Å². The summed E-state index contributed by atoms with van der Waals surface area (Å²) < 4.78 is 11.0. The van der Waals surface area contributed by atoms with E-state index in [0.717, 1.165) is 26.4 Å². The third-order valence-corrected chi connectivity index (χ3v) is 2.82. The van der Waals surface area contributed by atoms with Crippen molar-refractivity contribution in [3.63, 3.8) is 0 Å². The van der Waals surface area contributed by atoms with Crippen molar-refractivity contribution in [2.75, 3.05) is 26.4 Å². The third kappa shape index (κ3) is 5.50. The Morgan fingerprint density at radius 2 is 2.00 bits per heavy atom. The minimum absolute atomic E-state index is 0.508. The Hall–Kier alpha value is -0.120. The molecule has 15 heavy (non-hydrogen) atoms. The topological polar surface area (TPSA) is 30.5 Å². The molecule has 3 heteroatoms. The molecule has 0 aromatic rings. The minimum atomic E-state index is 0.508. The van der Waals surface area contributed by atoms with Gasteiger partial charge in [0, 0.05) is 25.8 Å². The number of ether oxygens (including phenoxy) is 2. The Morgan fingerprint density at radius 1 is 1.20 bits per heavy atom.